The first-order chi connectivity index (χ1) is 9.43. The molecular formula is C13H18N4OS2. The van der Waals surface area contributed by atoms with Crippen molar-refractivity contribution < 1.29 is 4.79 Å². The fourth-order valence-corrected chi connectivity index (χ4v) is 3.46. The molecule has 5 nitrogen and oxygen atoms in total. The number of rotatable bonds is 4. The second-order valence-electron chi connectivity index (χ2n) is 4.61. The first kappa shape index (κ1) is 15.1. The number of thioether (sulfide) groups is 1. The van der Waals surface area contributed by atoms with Crippen LogP contribution < -0.4 is 5.32 Å². The van der Waals surface area contributed by atoms with Crippen LogP contribution in [0.25, 0.3) is 0 Å². The molecule has 20 heavy (non-hydrogen) atoms. The van der Waals surface area contributed by atoms with Crippen LogP contribution in [-0.2, 0) is 7.05 Å². The van der Waals surface area contributed by atoms with E-state index < -0.39 is 0 Å². The highest BCUT2D eigenvalue weighted by atomic mass is 32.2. The van der Waals surface area contributed by atoms with Crippen molar-refractivity contribution in [3.8, 4) is 0 Å². The van der Waals surface area contributed by atoms with Crippen molar-refractivity contribution >= 4 is 29.0 Å². The Kier molecular flexibility index (Phi) is 4.49. The molecule has 0 aliphatic rings. The van der Waals surface area contributed by atoms with Gasteiger partial charge >= 0.3 is 0 Å². The van der Waals surface area contributed by atoms with Crippen LogP contribution in [0.5, 0.6) is 0 Å². The number of amides is 1. The highest BCUT2D eigenvalue weighted by Crippen LogP contribution is 2.23. The van der Waals surface area contributed by atoms with Crippen molar-refractivity contribution in [1.29, 1.82) is 0 Å². The Morgan fingerprint density at radius 2 is 2.20 bits per heavy atom. The molecule has 1 atom stereocenters. The molecule has 0 spiro atoms. The van der Waals surface area contributed by atoms with Crippen molar-refractivity contribution in [1.82, 2.24) is 20.1 Å². The number of carbonyl (C=O) groups excluding carboxylic acids is 1. The minimum atomic E-state index is -0.142. The number of aryl methyl sites for hydroxylation is 2. The molecule has 0 aromatic carbocycles. The Morgan fingerprint density at radius 3 is 2.70 bits per heavy atom. The summed E-state index contributed by atoms with van der Waals surface area (Å²) in [5, 5.41) is 9.15. The third kappa shape index (κ3) is 2.88. The van der Waals surface area contributed by atoms with E-state index in [4.69, 9.17) is 0 Å². The van der Waals surface area contributed by atoms with E-state index in [2.05, 4.69) is 15.4 Å². The molecule has 0 aliphatic carbocycles. The summed E-state index contributed by atoms with van der Waals surface area (Å²) in [5.74, 6) is -0.142. The highest BCUT2D eigenvalue weighted by Gasteiger charge is 2.19. The predicted octanol–water partition coefficient (Wildman–Crippen LogP) is 2.71. The molecular weight excluding hydrogens is 292 g/mol. The number of carbonyl (C=O) groups is 1. The van der Waals surface area contributed by atoms with E-state index in [0.29, 0.717) is 5.69 Å². The topological polar surface area (TPSA) is 59.8 Å². The monoisotopic (exact) mass is 310 g/mol. The van der Waals surface area contributed by atoms with Gasteiger partial charge in [0.05, 0.1) is 11.7 Å². The average Bonchev–Trinajstić information content (AvgIpc) is 2.95. The van der Waals surface area contributed by atoms with E-state index in [0.717, 1.165) is 21.3 Å². The molecule has 2 aromatic rings. The fraction of sp³-hybridized carbons (Fsp3) is 0.462. The second-order valence-corrected chi connectivity index (χ2v) is 6.52. The Hall–Kier alpha value is -1.34. The van der Waals surface area contributed by atoms with E-state index in [1.54, 1.807) is 17.1 Å². The van der Waals surface area contributed by atoms with Gasteiger partial charge in [-0.2, -0.15) is 5.10 Å². The van der Waals surface area contributed by atoms with Gasteiger partial charge in [-0.25, -0.2) is 4.98 Å². The molecule has 0 aliphatic heterocycles. The van der Waals surface area contributed by atoms with Crippen LogP contribution in [0, 0.1) is 13.8 Å². The standard InChI is InChI=1S/C13H18N4OS2/c1-7(11-8(2)16-17(4)9(11)3)14-12(18)10-6-20-13(15-10)19-5/h6-7H,1-5H3,(H,14,18). The molecule has 0 saturated carbocycles. The lowest BCUT2D eigenvalue weighted by molar-refractivity contribution is 0.0935. The van der Waals surface area contributed by atoms with Crippen LogP contribution in [0.4, 0.5) is 0 Å². The molecule has 1 unspecified atom stereocenters. The molecule has 1 N–H and O–H groups in total. The largest absolute Gasteiger partial charge is 0.344 e. The Bertz CT molecular complexity index is 632. The van der Waals surface area contributed by atoms with E-state index in [1.807, 2.05) is 38.8 Å². The van der Waals surface area contributed by atoms with Gasteiger partial charge in [-0.1, -0.05) is 11.8 Å². The molecule has 0 radical (unpaired) electrons. The van der Waals surface area contributed by atoms with Gasteiger partial charge in [-0.05, 0) is 27.0 Å². The zero-order chi connectivity index (χ0) is 14.9. The lowest BCUT2D eigenvalue weighted by atomic mass is 10.1. The van der Waals surface area contributed by atoms with Gasteiger partial charge in [0.2, 0.25) is 0 Å². The van der Waals surface area contributed by atoms with Gasteiger partial charge in [-0.15, -0.1) is 11.3 Å². The van der Waals surface area contributed by atoms with Crippen molar-refractivity contribution in [2.75, 3.05) is 6.26 Å². The number of nitrogens with zero attached hydrogens (tertiary/aromatic N) is 3. The van der Waals surface area contributed by atoms with Crippen LogP contribution in [0.3, 0.4) is 0 Å². The molecule has 0 bridgehead atoms. The summed E-state index contributed by atoms with van der Waals surface area (Å²) < 4.78 is 2.73. The maximum Gasteiger partial charge on any atom is 0.271 e. The minimum Gasteiger partial charge on any atom is -0.344 e. The molecule has 2 heterocycles. The third-order valence-electron chi connectivity index (χ3n) is 3.24. The molecule has 0 saturated heterocycles. The van der Waals surface area contributed by atoms with Gasteiger partial charge < -0.3 is 5.32 Å². The van der Waals surface area contributed by atoms with Crippen molar-refractivity contribution in [2.24, 2.45) is 7.05 Å². The Morgan fingerprint density at radius 1 is 1.50 bits per heavy atom. The van der Waals surface area contributed by atoms with Crippen molar-refractivity contribution in [3.63, 3.8) is 0 Å². The number of aromatic nitrogens is 3. The lowest BCUT2D eigenvalue weighted by Gasteiger charge is -2.13. The summed E-state index contributed by atoms with van der Waals surface area (Å²) in [6.45, 7) is 5.93. The zero-order valence-corrected chi connectivity index (χ0v) is 13.9. The van der Waals surface area contributed by atoms with Crippen LogP contribution in [0.1, 0.15) is 40.4 Å². The predicted molar refractivity (Wildman–Crippen MR) is 82.5 cm³/mol. The first-order valence-corrected chi connectivity index (χ1v) is 8.35. The van der Waals surface area contributed by atoms with E-state index in [1.165, 1.54) is 11.3 Å². The smallest absolute Gasteiger partial charge is 0.271 e. The summed E-state index contributed by atoms with van der Waals surface area (Å²) >= 11 is 3.03. The van der Waals surface area contributed by atoms with Crippen LogP contribution >= 0.6 is 23.1 Å². The van der Waals surface area contributed by atoms with Gasteiger partial charge in [-0.3, -0.25) is 9.48 Å². The van der Waals surface area contributed by atoms with Crippen molar-refractivity contribution in [3.05, 3.63) is 28.0 Å². The Labute approximate surface area is 126 Å². The lowest BCUT2D eigenvalue weighted by Crippen LogP contribution is -2.27. The van der Waals surface area contributed by atoms with Crippen LogP contribution in [0.15, 0.2) is 9.72 Å². The molecule has 2 rings (SSSR count). The number of thiazole rings is 1. The number of nitrogens with one attached hydrogen (secondary N) is 1. The van der Waals surface area contributed by atoms with Gasteiger partial charge in [0.25, 0.3) is 5.91 Å². The zero-order valence-electron chi connectivity index (χ0n) is 12.2. The second kappa shape index (κ2) is 5.97. The van der Waals surface area contributed by atoms with E-state index >= 15 is 0 Å². The quantitative estimate of drug-likeness (QED) is 0.882. The summed E-state index contributed by atoms with van der Waals surface area (Å²) in [7, 11) is 1.91. The summed E-state index contributed by atoms with van der Waals surface area (Å²) in [6, 6.07) is -0.0874. The van der Waals surface area contributed by atoms with Crippen LogP contribution in [0.2, 0.25) is 0 Å². The Balaban J connectivity index is 2.15. The molecule has 1 amide bonds. The molecule has 0 fully saturated rings. The number of hydrogen-bond donors (Lipinski definition) is 1. The molecule has 2 aromatic heterocycles. The minimum absolute atomic E-state index is 0.0874. The fourth-order valence-electron chi connectivity index (χ4n) is 2.21. The normalized spacial score (nSPS) is 12.4. The first-order valence-electron chi connectivity index (χ1n) is 6.24. The summed E-state index contributed by atoms with van der Waals surface area (Å²) in [4.78, 5) is 16.5. The van der Waals surface area contributed by atoms with Crippen LogP contribution in [-0.4, -0.2) is 26.9 Å². The highest BCUT2D eigenvalue weighted by molar-refractivity contribution is 8.00. The molecule has 7 heteroatoms. The average molecular weight is 310 g/mol. The van der Waals surface area contributed by atoms with Crippen molar-refractivity contribution in [2.45, 2.75) is 31.2 Å². The molecule has 108 valence electrons. The van der Waals surface area contributed by atoms with E-state index in [9.17, 15) is 4.79 Å². The maximum absolute atomic E-state index is 12.2. The third-order valence-corrected chi connectivity index (χ3v) is 5.10. The van der Waals surface area contributed by atoms with Gasteiger partial charge in [0.1, 0.15) is 10.0 Å². The maximum atomic E-state index is 12.2. The SMILES string of the molecule is CSc1nc(C(=O)NC(C)c2c(C)nn(C)c2C)cs1. The van der Waals surface area contributed by atoms with Gasteiger partial charge in [0, 0.05) is 23.7 Å². The number of hydrogen-bond acceptors (Lipinski definition) is 5. The summed E-state index contributed by atoms with van der Waals surface area (Å²) in [6.07, 6.45) is 1.95. The summed E-state index contributed by atoms with van der Waals surface area (Å²) in [5.41, 5.74) is 3.56. The van der Waals surface area contributed by atoms with E-state index in [-0.39, 0.29) is 11.9 Å². The van der Waals surface area contributed by atoms with Gasteiger partial charge in [0.15, 0.2) is 0 Å².